The molecule has 0 heterocycles. The van der Waals surface area contributed by atoms with Gasteiger partial charge in [0.15, 0.2) is 0 Å². The summed E-state index contributed by atoms with van der Waals surface area (Å²) in [6.07, 6.45) is 0.421. The Balaban J connectivity index is 2.52. The van der Waals surface area contributed by atoms with Gasteiger partial charge in [-0.15, -0.1) is 0 Å². The van der Waals surface area contributed by atoms with Crippen molar-refractivity contribution in [1.29, 1.82) is 0 Å². The average Bonchev–Trinajstić information content (AvgIpc) is 2.35. The maximum atomic E-state index is 12.0. The van der Waals surface area contributed by atoms with E-state index < -0.39 is 0 Å². The van der Waals surface area contributed by atoms with Crippen LogP contribution < -0.4 is 5.73 Å². The largest absolute Gasteiger partial charge is 0.383 e. The molecule has 1 aromatic carbocycles. The molecule has 1 aromatic rings. The van der Waals surface area contributed by atoms with Crippen LogP contribution in [-0.4, -0.2) is 44.2 Å². The number of hydrogen-bond donors (Lipinski definition) is 1. The highest BCUT2D eigenvalue weighted by Gasteiger charge is 2.12. The molecular weight excluding hydrogens is 216 g/mol. The van der Waals surface area contributed by atoms with E-state index in [-0.39, 0.29) is 5.91 Å². The third-order valence-electron chi connectivity index (χ3n) is 2.52. The lowest BCUT2D eigenvalue weighted by Gasteiger charge is -2.21. The van der Waals surface area contributed by atoms with Crippen LogP contribution in [0.4, 0.5) is 0 Å². The van der Waals surface area contributed by atoms with Crippen LogP contribution >= 0.6 is 0 Å². The Bertz CT molecular complexity index is 327. The maximum absolute atomic E-state index is 12.0. The number of hydrogen-bond acceptors (Lipinski definition) is 3. The molecule has 17 heavy (non-hydrogen) atoms. The molecule has 0 spiro atoms. The van der Waals surface area contributed by atoms with E-state index in [1.165, 1.54) is 0 Å². The number of amides is 1. The highest BCUT2D eigenvalue weighted by molar-refractivity contribution is 5.78. The molecule has 0 aliphatic heterocycles. The Labute approximate surface area is 102 Å². The van der Waals surface area contributed by atoms with E-state index in [1.54, 1.807) is 12.0 Å². The van der Waals surface area contributed by atoms with Gasteiger partial charge in [0.25, 0.3) is 0 Å². The molecule has 1 amide bonds. The lowest BCUT2D eigenvalue weighted by atomic mass is 10.1. The summed E-state index contributed by atoms with van der Waals surface area (Å²) in [5.74, 6) is 0.0960. The van der Waals surface area contributed by atoms with Gasteiger partial charge in [-0.05, 0) is 5.56 Å². The molecule has 4 nitrogen and oxygen atoms in total. The summed E-state index contributed by atoms with van der Waals surface area (Å²) in [7, 11) is 1.63. The van der Waals surface area contributed by atoms with Gasteiger partial charge in [0, 0.05) is 26.7 Å². The van der Waals surface area contributed by atoms with Gasteiger partial charge in [-0.3, -0.25) is 4.79 Å². The van der Waals surface area contributed by atoms with Crippen molar-refractivity contribution in [3.05, 3.63) is 35.9 Å². The summed E-state index contributed by atoms with van der Waals surface area (Å²) in [6, 6.07) is 9.72. The molecule has 94 valence electrons. The molecule has 0 aliphatic rings. The van der Waals surface area contributed by atoms with Crippen LogP contribution in [0.15, 0.2) is 30.3 Å². The first-order chi connectivity index (χ1) is 8.27. The number of nitrogens with two attached hydrogens (primary N) is 1. The summed E-state index contributed by atoms with van der Waals surface area (Å²) in [5.41, 5.74) is 6.52. The van der Waals surface area contributed by atoms with Gasteiger partial charge < -0.3 is 15.4 Å². The second-order valence-corrected chi connectivity index (χ2v) is 3.82. The second-order valence-electron chi connectivity index (χ2n) is 3.82. The molecular formula is C13H20N2O2. The highest BCUT2D eigenvalue weighted by Crippen LogP contribution is 2.02. The zero-order valence-electron chi connectivity index (χ0n) is 10.3. The van der Waals surface area contributed by atoms with Crippen molar-refractivity contribution in [2.24, 2.45) is 5.73 Å². The van der Waals surface area contributed by atoms with Crippen LogP contribution in [0.3, 0.4) is 0 Å². The van der Waals surface area contributed by atoms with E-state index in [2.05, 4.69) is 0 Å². The molecule has 0 aromatic heterocycles. The van der Waals surface area contributed by atoms with E-state index in [1.807, 2.05) is 30.3 Å². The molecule has 0 radical (unpaired) electrons. The molecule has 0 unspecified atom stereocenters. The maximum Gasteiger partial charge on any atom is 0.227 e. The molecule has 0 aliphatic carbocycles. The minimum Gasteiger partial charge on any atom is -0.383 e. The number of ether oxygens (including phenoxy) is 1. The van der Waals surface area contributed by atoms with Crippen LogP contribution in [0.5, 0.6) is 0 Å². The van der Waals surface area contributed by atoms with Crippen LogP contribution in [-0.2, 0) is 16.0 Å². The van der Waals surface area contributed by atoms with Crippen molar-refractivity contribution < 1.29 is 9.53 Å². The number of rotatable bonds is 7. The smallest absolute Gasteiger partial charge is 0.227 e. The van der Waals surface area contributed by atoms with Gasteiger partial charge in [0.05, 0.1) is 13.0 Å². The minimum atomic E-state index is 0.0960. The van der Waals surface area contributed by atoms with Crippen LogP contribution in [0, 0.1) is 0 Å². The molecule has 0 saturated heterocycles. The van der Waals surface area contributed by atoms with E-state index in [4.69, 9.17) is 10.5 Å². The number of carbonyl (C=O) groups is 1. The molecule has 0 saturated carbocycles. The van der Waals surface area contributed by atoms with E-state index in [9.17, 15) is 4.79 Å². The molecule has 0 bridgehead atoms. The summed E-state index contributed by atoms with van der Waals surface area (Å²) < 4.78 is 4.98. The third-order valence-corrected chi connectivity index (χ3v) is 2.52. The Morgan fingerprint density at radius 1 is 1.29 bits per heavy atom. The van der Waals surface area contributed by atoms with Gasteiger partial charge in [0.1, 0.15) is 0 Å². The molecule has 1 rings (SSSR count). The lowest BCUT2D eigenvalue weighted by Crippen LogP contribution is -2.38. The highest BCUT2D eigenvalue weighted by atomic mass is 16.5. The first-order valence-electron chi connectivity index (χ1n) is 5.78. The molecule has 2 N–H and O–H groups in total. The average molecular weight is 236 g/mol. The van der Waals surface area contributed by atoms with E-state index >= 15 is 0 Å². The minimum absolute atomic E-state index is 0.0960. The summed E-state index contributed by atoms with van der Waals surface area (Å²) in [4.78, 5) is 13.8. The summed E-state index contributed by atoms with van der Waals surface area (Å²) in [6.45, 7) is 2.19. The quantitative estimate of drug-likeness (QED) is 0.756. The van der Waals surface area contributed by atoms with Crippen LogP contribution in [0.1, 0.15) is 5.56 Å². The Kier molecular flexibility index (Phi) is 6.29. The van der Waals surface area contributed by atoms with E-state index in [0.29, 0.717) is 32.7 Å². The normalized spacial score (nSPS) is 10.2. The molecule has 0 atom stereocenters. The van der Waals surface area contributed by atoms with E-state index in [0.717, 1.165) is 5.56 Å². The molecule has 4 heteroatoms. The fourth-order valence-corrected chi connectivity index (χ4v) is 1.60. The van der Waals surface area contributed by atoms with Gasteiger partial charge in [-0.2, -0.15) is 0 Å². The van der Waals surface area contributed by atoms with Crippen molar-refractivity contribution in [3.8, 4) is 0 Å². The zero-order chi connectivity index (χ0) is 12.5. The topological polar surface area (TPSA) is 55.6 Å². The van der Waals surface area contributed by atoms with Crippen molar-refractivity contribution in [2.45, 2.75) is 6.42 Å². The number of benzene rings is 1. The zero-order valence-corrected chi connectivity index (χ0v) is 10.3. The number of carbonyl (C=O) groups excluding carboxylic acids is 1. The first-order valence-corrected chi connectivity index (χ1v) is 5.78. The van der Waals surface area contributed by atoms with Gasteiger partial charge in [-0.25, -0.2) is 0 Å². The Morgan fingerprint density at radius 2 is 2.00 bits per heavy atom. The van der Waals surface area contributed by atoms with Crippen molar-refractivity contribution in [2.75, 3.05) is 33.4 Å². The van der Waals surface area contributed by atoms with Crippen molar-refractivity contribution in [1.82, 2.24) is 4.90 Å². The summed E-state index contributed by atoms with van der Waals surface area (Å²) >= 11 is 0. The number of nitrogens with zero attached hydrogens (tertiary/aromatic N) is 1. The van der Waals surface area contributed by atoms with Crippen LogP contribution in [0.2, 0.25) is 0 Å². The fourth-order valence-electron chi connectivity index (χ4n) is 1.60. The third kappa shape index (κ3) is 4.97. The fraction of sp³-hybridized carbons (Fsp3) is 0.462. The number of methoxy groups -OCH3 is 1. The predicted molar refractivity (Wildman–Crippen MR) is 67.7 cm³/mol. The SMILES string of the molecule is COCCN(CCN)C(=O)Cc1ccccc1. The van der Waals surface area contributed by atoms with Crippen LogP contribution in [0.25, 0.3) is 0 Å². The predicted octanol–water partition coefficient (Wildman–Crippen LogP) is 0.663. The molecule has 0 fully saturated rings. The van der Waals surface area contributed by atoms with Crippen molar-refractivity contribution >= 4 is 5.91 Å². The monoisotopic (exact) mass is 236 g/mol. The summed E-state index contributed by atoms with van der Waals surface area (Å²) in [5, 5.41) is 0. The van der Waals surface area contributed by atoms with Gasteiger partial charge in [0.2, 0.25) is 5.91 Å². The second kappa shape index (κ2) is 7.81. The lowest BCUT2D eigenvalue weighted by molar-refractivity contribution is -0.131. The Hall–Kier alpha value is -1.39. The first kappa shape index (κ1) is 13.7. The van der Waals surface area contributed by atoms with Gasteiger partial charge in [-0.1, -0.05) is 30.3 Å². The van der Waals surface area contributed by atoms with Crippen molar-refractivity contribution in [3.63, 3.8) is 0 Å². The van der Waals surface area contributed by atoms with Gasteiger partial charge >= 0.3 is 0 Å². The Morgan fingerprint density at radius 3 is 2.59 bits per heavy atom. The standard InChI is InChI=1S/C13H20N2O2/c1-17-10-9-15(8-7-14)13(16)11-12-5-3-2-4-6-12/h2-6H,7-11,14H2,1H3.